The Morgan fingerprint density at radius 2 is 1.88 bits per heavy atom. The molecule has 0 aliphatic rings. The Hall–Kier alpha value is -2.00. The van der Waals surface area contributed by atoms with Gasteiger partial charge >= 0.3 is 0 Å². The van der Waals surface area contributed by atoms with Gasteiger partial charge in [0.25, 0.3) is 0 Å². The molecule has 24 heavy (non-hydrogen) atoms. The largest absolute Gasteiger partial charge is 0.370 e. The molecule has 0 amide bonds. The number of aryl methyl sites for hydroxylation is 2. The van der Waals surface area contributed by atoms with Crippen molar-refractivity contribution in [3.63, 3.8) is 0 Å². The third-order valence-corrected chi connectivity index (χ3v) is 4.37. The van der Waals surface area contributed by atoms with Gasteiger partial charge in [-0.1, -0.05) is 41.4 Å². The first-order chi connectivity index (χ1) is 11.4. The van der Waals surface area contributed by atoms with Crippen LogP contribution in [0, 0.1) is 13.8 Å². The number of halogens is 1. The first kappa shape index (κ1) is 18.3. The van der Waals surface area contributed by atoms with E-state index in [-0.39, 0.29) is 0 Å². The number of rotatable bonds is 6. The summed E-state index contributed by atoms with van der Waals surface area (Å²) in [4.78, 5) is 8.73. The van der Waals surface area contributed by atoms with Gasteiger partial charge in [-0.25, -0.2) is 4.99 Å². The molecule has 0 heterocycles. The first-order valence-electron chi connectivity index (χ1n) is 8.22. The van der Waals surface area contributed by atoms with Crippen molar-refractivity contribution in [2.45, 2.75) is 27.3 Å². The van der Waals surface area contributed by atoms with E-state index in [9.17, 15) is 0 Å². The molecule has 0 N–H and O–H groups in total. The van der Waals surface area contributed by atoms with Crippen molar-refractivity contribution in [2.24, 2.45) is 4.99 Å². The minimum Gasteiger partial charge on any atom is -0.370 e. The van der Waals surface area contributed by atoms with Gasteiger partial charge in [-0.3, -0.25) is 0 Å². The highest BCUT2D eigenvalue weighted by Crippen LogP contribution is 2.33. The molecule has 0 radical (unpaired) electrons. The van der Waals surface area contributed by atoms with Crippen molar-refractivity contribution < 1.29 is 0 Å². The van der Waals surface area contributed by atoms with E-state index >= 15 is 0 Å². The van der Waals surface area contributed by atoms with Crippen molar-refractivity contribution in [3.05, 3.63) is 58.1 Å². The zero-order valence-corrected chi connectivity index (χ0v) is 15.9. The van der Waals surface area contributed by atoms with Crippen molar-refractivity contribution in [2.75, 3.05) is 25.5 Å². The standard InChI is InChI=1S/C20H26ClN3/c1-6-23(4)14-22-19-11-16(3)20(12-18(19)21)24(5)13-17-9-7-8-15(2)10-17/h7-12,14H,6,13H2,1-5H3/b22-14-. The molecule has 2 aromatic rings. The normalized spacial score (nSPS) is 11.1. The molecule has 0 spiro atoms. The maximum atomic E-state index is 6.44. The van der Waals surface area contributed by atoms with E-state index in [2.05, 4.69) is 62.0 Å². The van der Waals surface area contributed by atoms with Crippen molar-refractivity contribution in [3.8, 4) is 0 Å². The van der Waals surface area contributed by atoms with Crippen LogP contribution in [0.4, 0.5) is 11.4 Å². The highest BCUT2D eigenvalue weighted by atomic mass is 35.5. The van der Waals surface area contributed by atoms with Crippen LogP contribution in [-0.2, 0) is 6.54 Å². The molecule has 0 saturated carbocycles. The minimum atomic E-state index is 0.674. The molecule has 2 aromatic carbocycles. The minimum absolute atomic E-state index is 0.674. The Labute approximate surface area is 150 Å². The van der Waals surface area contributed by atoms with Crippen molar-refractivity contribution in [1.82, 2.24) is 4.90 Å². The summed E-state index contributed by atoms with van der Waals surface area (Å²) in [5.41, 5.74) is 5.67. The fraction of sp³-hybridized carbons (Fsp3) is 0.350. The highest BCUT2D eigenvalue weighted by molar-refractivity contribution is 6.33. The molecule has 0 saturated heterocycles. The van der Waals surface area contributed by atoms with Gasteiger partial charge in [0, 0.05) is 32.9 Å². The van der Waals surface area contributed by atoms with E-state index in [1.54, 1.807) is 0 Å². The number of hydrogen-bond acceptors (Lipinski definition) is 2. The molecule has 0 aliphatic carbocycles. The topological polar surface area (TPSA) is 18.8 Å². The van der Waals surface area contributed by atoms with Crippen molar-refractivity contribution >= 4 is 29.3 Å². The summed E-state index contributed by atoms with van der Waals surface area (Å²) in [5.74, 6) is 0. The monoisotopic (exact) mass is 343 g/mol. The second-order valence-electron chi connectivity index (χ2n) is 6.25. The van der Waals surface area contributed by atoms with E-state index in [0.717, 1.165) is 24.5 Å². The molecular formula is C20H26ClN3. The Bertz CT molecular complexity index is 725. The second-order valence-corrected chi connectivity index (χ2v) is 6.66. The van der Waals surface area contributed by atoms with Crippen LogP contribution >= 0.6 is 11.6 Å². The molecule has 0 unspecified atom stereocenters. The summed E-state index contributed by atoms with van der Waals surface area (Å²) >= 11 is 6.44. The van der Waals surface area contributed by atoms with E-state index in [1.165, 1.54) is 16.7 Å². The molecule has 4 heteroatoms. The molecule has 0 aromatic heterocycles. The lowest BCUT2D eigenvalue weighted by Gasteiger charge is -2.22. The maximum Gasteiger partial charge on any atom is 0.0910 e. The Kier molecular flexibility index (Phi) is 6.27. The Morgan fingerprint density at radius 3 is 2.54 bits per heavy atom. The molecule has 0 fully saturated rings. The fourth-order valence-electron chi connectivity index (χ4n) is 2.58. The van der Waals surface area contributed by atoms with E-state index < -0.39 is 0 Å². The van der Waals surface area contributed by atoms with Crippen LogP contribution in [0.2, 0.25) is 5.02 Å². The van der Waals surface area contributed by atoms with Gasteiger partial charge in [0.15, 0.2) is 0 Å². The highest BCUT2D eigenvalue weighted by Gasteiger charge is 2.10. The maximum absolute atomic E-state index is 6.44. The molecule has 2 rings (SSSR count). The van der Waals surface area contributed by atoms with Crippen LogP contribution in [0.5, 0.6) is 0 Å². The predicted octanol–water partition coefficient (Wildman–Crippen LogP) is 5.20. The fourth-order valence-corrected chi connectivity index (χ4v) is 2.78. The lowest BCUT2D eigenvalue weighted by atomic mass is 10.1. The smallest absolute Gasteiger partial charge is 0.0910 e. The summed E-state index contributed by atoms with van der Waals surface area (Å²) in [5, 5.41) is 0.674. The Morgan fingerprint density at radius 1 is 1.12 bits per heavy atom. The van der Waals surface area contributed by atoms with Gasteiger partial charge in [0.1, 0.15) is 0 Å². The summed E-state index contributed by atoms with van der Waals surface area (Å²) in [6.07, 6.45) is 1.82. The third kappa shape index (κ3) is 4.75. The lowest BCUT2D eigenvalue weighted by molar-refractivity contribution is 0.552. The first-order valence-corrected chi connectivity index (χ1v) is 8.59. The van der Waals surface area contributed by atoms with Crippen LogP contribution in [-0.4, -0.2) is 31.9 Å². The quantitative estimate of drug-likeness (QED) is 0.530. The third-order valence-electron chi connectivity index (χ3n) is 4.07. The van der Waals surface area contributed by atoms with Crippen LogP contribution in [0.1, 0.15) is 23.6 Å². The van der Waals surface area contributed by atoms with Crippen LogP contribution in [0.15, 0.2) is 41.4 Å². The van der Waals surface area contributed by atoms with Gasteiger partial charge in [-0.15, -0.1) is 0 Å². The number of anilines is 1. The van der Waals surface area contributed by atoms with Gasteiger partial charge in [-0.05, 0) is 44.0 Å². The predicted molar refractivity (Wildman–Crippen MR) is 106 cm³/mol. The zero-order chi connectivity index (χ0) is 17.7. The average Bonchev–Trinajstić information content (AvgIpc) is 2.54. The van der Waals surface area contributed by atoms with Gasteiger partial charge < -0.3 is 9.80 Å². The molecule has 0 aliphatic heterocycles. The van der Waals surface area contributed by atoms with Gasteiger partial charge in [0.2, 0.25) is 0 Å². The summed E-state index contributed by atoms with van der Waals surface area (Å²) in [6, 6.07) is 12.6. The van der Waals surface area contributed by atoms with Gasteiger partial charge in [0.05, 0.1) is 17.0 Å². The number of aliphatic imine (C=N–C) groups is 1. The summed E-state index contributed by atoms with van der Waals surface area (Å²) < 4.78 is 0. The average molecular weight is 344 g/mol. The SMILES string of the molecule is CCN(C)/C=N\c1cc(C)c(N(C)Cc2cccc(C)c2)cc1Cl. The van der Waals surface area contributed by atoms with Crippen LogP contribution in [0.3, 0.4) is 0 Å². The summed E-state index contributed by atoms with van der Waals surface area (Å²) in [7, 11) is 4.09. The van der Waals surface area contributed by atoms with E-state index in [4.69, 9.17) is 11.6 Å². The van der Waals surface area contributed by atoms with Crippen LogP contribution in [0.25, 0.3) is 0 Å². The molecule has 0 bridgehead atoms. The van der Waals surface area contributed by atoms with E-state index in [0.29, 0.717) is 5.02 Å². The zero-order valence-electron chi connectivity index (χ0n) is 15.2. The summed E-state index contributed by atoms with van der Waals surface area (Å²) in [6.45, 7) is 8.06. The molecule has 3 nitrogen and oxygen atoms in total. The number of hydrogen-bond donors (Lipinski definition) is 0. The molecular weight excluding hydrogens is 318 g/mol. The van der Waals surface area contributed by atoms with Crippen molar-refractivity contribution in [1.29, 1.82) is 0 Å². The van der Waals surface area contributed by atoms with E-state index in [1.807, 2.05) is 30.4 Å². The molecule has 128 valence electrons. The second kappa shape index (κ2) is 8.20. The lowest BCUT2D eigenvalue weighted by Crippen LogP contribution is -2.17. The van der Waals surface area contributed by atoms with Gasteiger partial charge in [-0.2, -0.15) is 0 Å². The number of nitrogens with zero attached hydrogens (tertiary/aromatic N) is 3. The Balaban J connectivity index is 2.21. The molecule has 0 atom stereocenters. The number of benzene rings is 2. The van der Waals surface area contributed by atoms with Crippen LogP contribution < -0.4 is 4.90 Å².